The van der Waals surface area contributed by atoms with Crippen LogP contribution in [-0.4, -0.2) is 18.2 Å². The van der Waals surface area contributed by atoms with E-state index in [1.54, 1.807) is 26.1 Å². The molecule has 3 N–H and O–H groups in total. The largest absolute Gasteiger partial charge is 0.394 e. The third-order valence-electron chi connectivity index (χ3n) is 3.04. The van der Waals surface area contributed by atoms with Crippen molar-refractivity contribution >= 4 is 44.3 Å². The van der Waals surface area contributed by atoms with Gasteiger partial charge >= 0.3 is 0 Å². The summed E-state index contributed by atoms with van der Waals surface area (Å²) in [5.41, 5.74) is 7.58. The summed E-state index contributed by atoms with van der Waals surface area (Å²) in [7, 11) is -2.21. The molecular formula is C11H12N6O2S2. The predicted molar refractivity (Wildman–Crippen MR) is 81.1 cm³/mol. The van der Waals surface area contributed by atoms with Crippen LogP contribution < -0.4 is 10.5 Å². The van der Waals surface area contributed by atoms with Gasteiger partial charge in [0.25, 0.3) is 10.0 Å². The summed E-state index contributed by atoms with van der Waals surface area (Å²) >= 11 is 0.965. The first-order chi connectivity index (χ1) is 9.90. The number of aryl methyl sites for hydroxylation is 2. The van der Waals surface area contributed by atoms with Crippen LogP contribution in [0.1, 0.15) is 5.69 Å². The van der Waals surface area contributed by atoms with E-state index < -0.39 is 10.0 Å². The van der Waals surface area contributed by atoms with Crippen LogP contribution in [0, 0.1) is 6.92 Å². The van der Waals surface area contributed by atoms with E-state index in [0.29, 0.717) is 22.8 Å². The highest BCUT2D eigenvalue weighted by Gasteiger charge is 2.25. The molecule has 110 valence electrons. The summed E-state index contributed by atoms with van der Waals surface area (Å²) in [5, 5.41) is 4.08. The molecule has 10 heteroatoms. The minimum atomic E-state index is -3.83. The Morgan fingerprint density at radius 1 is 1.33 bits per heavy atom. The Morgan fingerprint density at radius 2 is 2.10 bits per heavy atom. The van der Waals surface area contributed by atoms with Crippen LogP contribution in [0.3, 0.4) is 0 Å². The summed E-state index contributed by atoms with van der Waals surface area (Å²) in [6, 6.07) is 4.81. The second-order valence-electron chi connectivity index (χ2n) is 4.46. The second-order valence-corrected chi connectivity index (χ2v) is 6.64. The van der Waals surface area contributed by atoms with Crippen LogP contribution in [0.4, 0.5) is 22.9 Å². The van der Waals surface area contributed by atoms with E-state index in [-0.39, 0.29) is 10.7 Å². The molecule has 0 fully saturated rings. The molecule has 1 aromatic carbocycles. The van der Waals surface area contributed by atoms with Crippen molar-refractivity contribution in [2.45, 2.75) is 11.8 Å². The van der Waals surface area contributed by atoms with Crippen LogP contribution in [0.2, 0.25) is 0 Å². The fraction of sp³-hybridized carbons (Fsp3) is 0.182. The van der Waals surface area contributed by atoms with Crippen molar-refractivity contribution in [1.82, 2.24) is 9.78 Å². The maximum atomic E-state index is 12.6. The van der Waals surface area contributed by atoms with Gasteiger partial charge in [-0.3, -0.25) is 4.72 Å². The molecule has 0 amide bonds. The van der Waals surface area contributed by atoms with Crippen LogP contribution in [0.5, 0.6) is 0 Å². The van der Waals surface area contributed by atoms with Crippen molar-refractivity contribution in [2.75, 3.05) is 10.5 Å². The van der Waals surface area contributed by atoms with Gasteiger partial charge in [-0.25, -0.2) is 13.1 Å². The number of nitrogens with zero attached hydrogens (tertiary/aromatic N) is 4. The Kier molecular flexibility index (Phi) is 3.06. The van der Waals surface area contributed by atoms with Gasteiger partial charge < -0.3 is 5.73 Å². The van der Waals surface area contributed by atoms with Crippen molar-refractivity contribution in [2.24, 2.45) is 15.8 Å². The lowest BCUT2D eigenvalue weighted by molar-refractivity contribution is 0.600. The monoisotopic (exact) mass is 324 g/mol. The topological polar surface area (TPSA) is 115 Å². The van der Waals surface area contributed by atoms with Gasteiger partial charge in [0.2, 0.25) is 0 Å². The highest BCUT2D eigenvalue weighted by Crippen LogP contribution is 2.38. The summed E-state index contributed by atoms with van der Waals surface area (Å²) in [5.74, 6) is 0.229. The zero-order valence-electron chi connectivity index (χ0n) is 11.2. The molecule has 0 saturated carbocycles. The SMILES string of the molecule is Cc1nn(C)c(NS(=O)(=O)c2cccc3c2N=S=N3)c1N. The van der Waals surface area contributed by atoms with Gasteiger partial charge in [-0.15, -0.1) is 0 Å². The number of anilines is 2. The van der Waals surface area contributed by atoms with Crippen LogP contribution in [-0.2, 0) is 28.4 Å². The molecule has 0 bridgehead atoms. The highest BCUT2D eigenvalue weighted by atomic mass is 32.2. The number of hydrogen-bond acceptors (Lipinski definition) is 6. The van der Waals surface area contributed by atoms with Gasteiger partial charge in [0.15, 0.2) is 5.82 Å². The van der Waals surface area contributed by atoms with E-state index in [4.69, 9.17) is 5.73 Å². The molecule has 21 heavy (non-hydrogen) atoms. The van der Waals surface area contributed by atoms with E-state index in [1.807, 2.05) is 0 Å². The maximum Gasteiger partial charge on any atom is 0.265 e. The Morgan fingerprint density at radius 3 is 2.76 bits per heavy atom. The fourth-order valence-electron chi connectivity index (χ4n) is 1.98. The van der Waals surface area contributed by atoms with E-state index >= 15 is 0 Å². The van der Waals surface area contributed by atoms with E-state index in [0.717, 1.165) is 11.4 Å². The average molecular weight is 324 g/mol. The first-order valence-corrected chi connectivity index (χ1v) is 8.14. The molecule has 8 nitrogen and oxygen atoms in total. The normalized spacial score (nSPS) is 13.0. The van der Waals surface area contributed by atoms with Gasteiger partial charge in [0, 0.05) is 7.05 Å². The lowest BCUT2D eigenvalue weighted by atomic mass is 10.3. The van der Waals surface area contributed by atoms with E-state index in [9.17, 15) is 8.42 Å². The van der Waals surface area contributed by atoms with Gasteiger partial charge in [0.05, 0.1) is 22.7 Å². The second kappa shape index (κ2) is 4.67. The standard InChI is InChI=1S/C11H12N6O2S2/c1-6-9(12)11(17(2)13-6)16-21(18,19)8-5-3-4-7-10(8)15-20-14-7/h3-5,16H,12H2,1-2H3. The number of benzene rings is 1. The molecule has 0 atom stereocenters. The molecule has 1 aliphatic rings. The Balaban J connectivity index is 2.07. The molecule has 1 aliphatic heterocycles. The van der Waals surface area contributed by atoms with Crippen molar-refractivity contribution in [1.29, 1.82) is 0 Å². The molecule has 0 unspecified atom stereocenters. The third-order valence-corrected chi connectivity index (χ3v) is 4.95. The maximum absolute atomic E-state index is 12.6. The minimum absolute atomic E-state index is 0.0620. The summed E-state index contributed by atoms with van der Waals surface area (Å²) in [4.78, 5) is 0.0620. The summed E-state index contributed by atoms with van der Waals surface area (Å²) in [6.07, 6.45) is 0. The van der Waals surface area contributed by atoms with E-state index in [1.165, 1.54) is 10.7 Å². The number of rotatable bonds is 3. The van der Waals surface area contributed by atoms with Crippen molar-refractivity contribution in [3.63, 3.8) is 0 Å². The first kappa shape index (κ1) is 13.8. The number of aromatic nitrogens is 2. The fourth-order valence-corrected chi connectivity index (χ4v) is 3.85. The molecule has 0 saturated heterocycles. The van der Waals surface area contributed by atoms with Gasteiger partial charge in [0.1, 0.15) is 16.3 Å². The zero-order valence-corrected chi connectivity index (χ0v) is 12.9. The first-order valence-electron chi connectivity index (χ1n) is 5.93. The number of nitrogens with one attached hydrogen (secondary N) is 1. The van der Waals surface area contributed by atoms with Gasteiger partial charge in [-0.2, -0.15) is 13.8 Å². The number of nitrogens with two attached hydrogens (primary N) is 1. The lowest BCUT2D eigenvalue weighted by Gasteiger charge is -2.10. The molecule has 2 heterocycles. The third kappa shape index (κ3) is 2.21. The molecule has 3 rings (SSSR count). The smallest absolute Gasteiger partial charge is 0.265 e. The van der Waals surface area contributed by atoms with Crippen LogP contribution >= 0.6 is 0 Å². The minimum Gasteiger partial charge on any atom is -0.394 e. The number of sulfonamides is 1. The molecule has 0 radical (unpaired) electrons. The molecule has 0 spiro atoms. The molecule has 1 aromatic heterocycles. The van der Waals surface area contributed by atoms with Crippen LogP contribution in [0.25, 0.3) is 0 Å². The van der Waals surface area contributed by atoms with E-state index in [2.05, 4.69) is 18.5 Å². The summed E-state index contributed by atoms with van der Waals surface area (Å²) < 4.78 is 37.0. The Bertz CT molecular complexity index is 909. The highest BCUT2D eigenvalue weighted by molar-refractivity contribution is 7.93. The molecule has 0 aliphatic carbocycles. The van der Waals surface area contributed by atoms with Crippen LogP contribution in [0.15, 0.2) is 31.8 Å². The molecular weight excluding hydrogens is 312 g/mol. The quantitative estimate of drug-likeness (QED) is 0.764. The lowest BCUT2D eigenvalue weighted by Crippen LogP contribution is -2.16. The predicted octanol–water partition coefficient (Wildman–Crippen LogP) is 1.84. The van der Waals surface area contributed by atoms with Crippen molar-refractivity contribution in [3.8, 4) is 0 Å². The molecule has 2 aromatic rings. The van der Waals surface area contributed by atoms with Gasteiger partial charge in [-0.05, 0) is 19.1 Å². The van der Waals surface area contributed by atoms with Crippen molar-refractivity contribution < 1.29 is 8.42 Å². The number of hydrogen-bond donors (Lipinski definition) is 2. The van der Waals surface area contributed by atoms with Gasteiger partial charge in [-0.1, -0.05) is 6.07 Å². The number of nitrogen functional groups attached to an aromatic ring is 1. The zero-order chi connectivity index (χ0) is 15.2. The number of fused-ring (bicyclic) bond motifs is 1. The average Bonchev–Trinajstić information content (AvgIpc) is 2.99. The Hall–Kier alpha value is -2.20. The summed E-state index contributed by atoms with van der Waals surface area (Å²) in [6.45, 7) is 1.71. The van der Waals surface area contributed by atoms with Crippen molar-refractivity contribution in [3.05, 3.63) is 23.9 Å². The Labute approximate surface area is 124 Å².